The summed E-state index contributed by atoms with van der Waals surface area (Å²) in [7, 11) is 3.65. The number of aliphatic carboxylic acids is 4. The largest absolute Gasteiger partial charge is 2.00 e. The van der Waals surface area contributed by atoms with Gasteiger partial charge in [0.15, 0.2) is 0 Å². The van der Waals surface area contributed by atoms with Crippen LogP contribution in [0.15, 0.2) is 37.4 Å². The number of hydrogen-bond donors (Lipinski definition) is 0. The molecule has 0 saturated carbocycles. The molecule has 0 aliphatic heterocycles. The number of aromatic nitrogens is 4. The first-order chi connectivity index (χ1) is 12.8. The van der Waals surface area contributed by atoms with E-state index in [2.05, 4.69) is 0 Å². The molecule has 0 radical (unpaired) electrons. The molecule has 0 spiro atoms. The summed E-state index contributed by atoms with van der Waals surface area (Å²) in [4.78, 5) is 37.9. The Morgan fingerprint density at radius 3 is 1.10 bits per heavy atom. The summed E-state index contributed by atoms with van der Waals surface area (Å²) in [5.74, 6) is -4.31. The zero-order valence-corrected chi connectivity index (χ0v) is 17.8. The molecule has 2 rings (SSSR count). The number of rotatable bonds is 4. The molecule has 0 bridgehead atoms. The van der Waals surface area contributed by atoms with Crippen LogP contribution in [-0.4, -0.2) is 33.0 Å². The summed E-state index contributed by atoms with van der Waals surface area (Å²) < 4.78 is 6.61. The summed E-state index contributed by atoms with van der Waals surface area (Å²) in [6.45, 7) is 1.78. The molecular weight excluding hydrogens is 483 g/mol. The van der Waals surface area contributed by atoms with Crippen molar-refractivity contribution in [2.75, 3.05) is 0 Å². The zero-order valence-electron chi connectivity index (χ0n) is 16.2. The van der Waals surface area contributed by atoms with Gasteiger partial charge in [-0.1, -0.05) is 0 Å². The Bertz CT molecular complexity index is 700. The normalized spacial score (nSPS) is 8.41. The van der Waals surface area contributed by atoms with Gasteiger partial charge in [-0.2, -0.15) is 0 Å². The standard InChI is InChI=1S/2C6H8N2O2.2C2H4O2.Pd/c2*1-7-2-3-8(5-7)4-6(9)10;2*1-2(3)4;/h2*2-3,5H,4H2,1H3;2*1H3,(H,3,4);/q;;;;+2/p-2. The van der Waals surface area contributed by atoms with Crippen molar-refractivity contribution < 1.29 is 69.2 Å². The second kappa shape index (κ2) is 17.1. The summed E-state index contributed by atoms with van der Waals surface area (Å²) in [6.07, 6.45) is 10.2. The van der Waals surface area contributed by atoms with Crippen molar-refractivity contribution >= 4 is 23.9 Å². The van der Waals surface area contributed by atoms with Crippen molar-refractivity contribution in [3.8, 4) is 0 Å². The summed E-state index contributed by atoms with van der Waals surface area (Å²) in [5.41, 5.74) is 0. The average Bonchev–Trinajstić information content (AvgIpc) is 3.06. The molecule has 0 aliphatic carbocycles. The van der Waals surface area contributed by atoms with Crippen LogP contribution in [0.1, 0.15) is 13.8 Å². The second-order valence-corrected chi connectivity index (χ2v) is 5.23. The Balaban J connectivity index is -0.000000336. The maximum Gasteiger partial charge on any atom is 2.00 e. The smallest absolute Gasteiger partial charge is 0.550 e. The molecule has 29 heavy (non-hydrogen) atoms. The molecule has 12 nitrogen and oxygen atoms in total. The van der Waals surface area contributed by atoms with Crippen LogP contribution in [0.25, 0.3) is 0 Å². The maximum atomic E-state index is 10.0. The second-order valence-electron chi connectivity index (χ2n) is 5.23. The topological polar surface area (TPSA) is 178 Å². The van der Waals surface area contributed by atoms with E-state index < -0.39 is 23.9 Å². The number of carbonyl (C=O) groups is 4. The first-order valence-electron chi connectivity index (χ1n) is 7.60. The minimum Gasteiger partial charge on any atom is -0.550 e. The minimum absolute atomic E-state index is 0. The van der Waals surface area contributed by atoms with Gasteiger partial charge in [0.05, 0.1) is 26.0 Å². The van der Waals surface area contributed by atoms with E-state index >= 15 is 0 Å². The number of carbonyl (C=O) groups excluding carboxylic acids is 4. The molecule has 0 amide bonds. The van der Waals surface area contributed by atoms with Gasteiger partial charge in [-0.05, 0) is 13.8 Å². The van der Waals surface area contributed by atoms with Gasteiger partial charge in [-0.25, -0.2) is 18.3 Å². The van der Waals surface area contributed by atoms with Crippen LogP contribution in [0.2, 0.25) is 0 Å². The molecular formula is C16H22N4O8Pd. The summed E-state index contributed by atoms with van der Waals surface area (Å²) in [5, 5.41) is 37.9. The molecule has 0 aliphatic rings. The van der Waals surface area contributed by atoms with E-state index in [1.807, 2.05) is 14.1 Å². The van der Waals surface area contributed by atoms with Crippen LogP contribution in [0, 0.1) is 0 Å². The van der Waals surface area contributed by atoms with Crippen LogP contribution >= 0.6 is 0 Å². The van der Waals surface area contributed by atoms with Crippen LogP contribution in [0.5, 0.6) is 0 Å². The third-order valence-electron chi connectivity index (χ3n) is 2.27. The van der Waals surface area contributed by atoms with Crippen LogP contribution < -0.4 is 29.6 Å². The van der Waals surface area contributed by atoms with Gasteiger partial charge in [0, 0.05) is 11.9 Å². The summed E-state index contributed by atoms with van der Waals surface area (Å²) >= 11 is 0. The Kier molecular flexibility index (Phi) is 18.1. The van der Waals surface area contributed by atoms with Gasteiger partial charge < -0.3 is 39.6 Å². The third kappa shape index (κ3) is 25.0. The van der Waals surface area contributed by atoms with Crippen molar-refractivity contribution in [2.45, 2.75) is 26.9 Å². The number of carboxylic acid groups (broad SMARTS) is 4. The quantitative estimate of drug-likeness (QED) is 0.291. The fourth-order valence-corrected chi connectivity index (χ4v) is 1.49. The molecule has 2 heterocycles. The van der Waals surface area contributed by atoms with E-state index in [-0.39, 0.29) is 33.5 Å². The predicted octanol–water partition coefficient (Wildman–Crippen LogP) is -6.37. The molecule has 2 aromatic rings. The number of hydrogen-bond acceptors (Lipinski definition) is 8. The third-order valence-corrected chi connectivity index (χ3v) is 2.27. The zero-order chi connectivity index (χ0) is 22.3. The molecule has 0 atom stereocenters. The van der Waals surface area contributed by atoms with E-state index in [1.54, 1.807) is 46.6 Å². The number of carboxylic acids is 4. The molecule has 0 fully saturated rings. The molecule has 0 aromatic carbocycles. The Hall–Kier alpha value is -3.04. The molecule has 0 unspecified atom stereocenters. The van der Waals surface area contributed by atoms with E-state index in [1.165, 1.54) is 9.13 Å². The van der Waals surface area contributed by atoms with Gasteiger partial charge in [0.2, 0.25) is 12.7 Å². The fraction of sp³-hybridized carbons (Fsp3) is 0.375. The summed E-state index contributed by atoms with van der Waals surface area (Å²) in [6, 6.07) is 0. The number of aryl methyl sites for hydroxylation is 2. The van der Waals surface area contributed by atoms with E-state index in [0.717, 1.165) is 13.8 Å². The molecule has 164 valence electrons. The van der Waals surface area contributed by atoms with Gasteiger partial charge in [0.25, 0.3) is 0 Å². The first-order valence-corrected chi connectivity index (χ1v) is 7.60. The Labute approximate surface area is 180 Å². The van der Waals surface area contributed by atoms with E-state index in [0.29, 0.717) is 0 Å². The number of nitrogens with zero attached hydrogens (tertiary/aromatic N) is 4. The fourth-order valence-electron chi connectivity index (χ4n) is 1.49. The van der Waals surface area contributed by atoms with Crippen LogP contribution in [-0.2, 0) is 66.8 Å². The Morgan fingerprint density at radius 2 is 0.966 bits per heavy atom. The van der Waals surface area contributed by atoms with Gasteiger partial charge in [-0.3, -0.25) is 0 Å². The number of imidazole rings is 2. The van der Waals surface area contributed by atoms with Crippen molar-refractivity contribution in [2.24, 2.45) is 14.1 Å². The minimum atomic E-state index is -1.08. The molecule has 0 saturated heterocycles. The van der Waals surface area contributed by atoms with Crippen molar-refractivity contribution in [3.63, 3.8) is 0 Å². The monoisotopic (exact) mass is 504 g/mol. The maximum absolute atomic E-state index is 10.0. The molecule has 13 heteroatoms. The van der Waals surface area contributed by atoms with Gasteiger partial charge in [0.1, 0.15) is 37.9 Å². The Morgan fingerprint density at radius 1 is 0.724 bits per heavy atom. The van der Waals surface area contributed by atoms with E-state index in [9.17, 15) is 19.8 Å². The van der Waals surface area contributed by atoms with Crippen LogP contribution in [0.4, 0.5) is 0 Å². The van der Waals surface area contributed by atoms with E-state index in [4.69, 9.17) is 19.8 Å². The SMILES string of the molecule is CC(=O)[O-].CC(=O)[O-].C[n+]1ccn(CC(=O)[O-])c1.C[n+]1ccn(CC(=O)[O-])c1.[Pd+2]. The average molecular weight is 505 g/mol. The molecule has 0 N–H and O–H groups in total. The van der Waals surface area contributed by atoms with Gasteiger partial charge >= 0.3 is 20.4 Å². The first kappa shape index (κ1) is 30.7. The van der Waals surface area contributed by atoms with Crippen molar-refractivity contribution in [1.82, 2.24) is 9.13 Å². The van der Waals surface area contributed by atoms with Gasteiger partial charge in [-0.15, -0.1) is 0 Å². The van der Waals surface area contributed by atoms with Crippen molar-refractivity contribution in [3.05, 3.63) is 37.4 Å². The van der Waals surface area contributed by atoms with Crippen molar-refractivity contribution in [1.29, 1.82) is 0 Å². The van der Waals surface area contributed by atoms with Crippen LogP contribution in [0.3, 0.4) is 0 Å². The predicted molar refractivity (Wildman–Crippen MR) is 82.6 cm³/mol. The molecule has 2 aromatic heterocycles.